The number of furan rings is 1. The largest absolute Gasteiger partial charge is 0.455 e. The molecule has 0 unspecified atom stereocenters. The average Bonchev–Trinajstić information content (AvgIpc) is 3.18. The standard InChI is InChI=1S/C21H19FN2O3S/c1-11-17-15(25)8-21(2,3)9-16(17)27-18(11)19(26)24-20-23-14(10-28-20)12-5-4-6-13(22)7-12/h4-7,10H,8-9H2,1-3H3,(H,23,24,26). The van der Waals surface area contributed by atoms with E-state index in [0.29, 0.717) is 46.1 Å². The van der Waals surface area contributed by atoms with E-state index < -0.39 is 5.91 Å². The number of Topliss-reactive ketones (excluding diaryl/α,β-unsaturated/α-hetero) is 1. The molecule has 1 aliphatic rings. The van der Waals surface area contributed by atoms with E-state index in [-0.39, 0.29) is 22.8 Å². The molecule has 2 heterocycles. The number of hydrogen-bond acceptors (Lipinski definition) is 5. The lowest BCUT2D eigenvalue weighted by atomic mass is 9.76. The van der Waals surface area contributed by atoms with E-state index >= 15 is 0 Å². The van der Waals surface area contributed by atoms with Gasteiger partial charge in [0.15, 0.2) is 16.7 Å². The molecule has 0 saturated heterocycles. The highest BCUT2D eigenvalue weighted by Crippen LogP contribution is 2.38. The number of aromatic nitrogens is 1. The summed E-state index contributed by atoms with van der Waals surface area (Å²) in [6, 6.07) is 6.11. The molecule has 5 nitrogen and oxygen atoms in total. The summed E-state index contributed by atoms with van der Waals surface area (Å²) in [6.45, 7) is 5.75. The Hall–Kier alpha value is -2.80. The fourth-order valence-corrected chi connectivity index (χ4v) is 4.28. The summed E-state index contributed by atoms with van der Waals surface area (Å²) in [7, 11) is 0. The number of nitrogens with one attached hydrogen (secondary N) is 1. The molecule has 0 saturated carbocycles. The Balaban J connectivity index is 1.58. The maximum absolute atomic E-state index is 13.4. The minimum atomic E-state index is -0.447. The molecule has 0 radical (unpaired) electrons. The Kier molecular flexibility index (Phi) is 4.42. The highest BCUT2D eigenvalue weighted by molar-refractivity contribution is 7.14. The highest BCUT2D eigenvalue weighted by atomic mass is 32.1. The van der Waals surface area contributed by atoms with Crippen LogP contribution >= 0.6 is 11.3 Å². The fraction of sp³-hybridized carbons (Fsp3) is 0.286. The number of benzene rings is 1. The summed E-state index contributed by atoms with van der Waals surface area (Å²) in [6.07, 6.45) is 1.05. The first kappa shape index (κ1) is 18.6. The Morgan fingerprint density at radius 3 is 2.86 bits per heavy atom. The number of halogens is 1. The summed E-state index contributed by atoms with van der Waals surface area (Å²) >= 11 is 1.24. The second-order valence-electron chi connectivity index (χ2n) is 7.80. The van der Waals surface area contributed by atoms with Crippen molar-refractivity contribution in [1.82, 2.24) is 4.98 Å². The van der Waals surface area contributed by atoms with Gasteiger partial charge in [0.2, 0.25) is 0 Å². The van der Waals surface area contributed by atoms with Gasteiger partial charge in [-0.1, -0.05) is 26.0 Å². The molecule has 0 spiro atoms. The fourth-order valence-electron chi connectivity index (χ4n) is 3.56. The van der Waals surface area contributed by atoms with Gasteiger partial charge in [0.1, 0.15) is 11.6 Å². The first-order valence-corrected chi connectivity index (χ1v) is 9.80. The molecule has 0 aliphatic heterocycles. The molecule has 1 aromatic carbocycles. The van der Waals surface area contributed by atoms with Crippen molar-refractivity contribution in [3.63, 3.8) is 0 Å². The number of thiazole rings is 1. The van der Waals surface area contributed by atoms with E-state index in [4.69, 9.17) is 4.42 Å². The van der Waals surface area contributed by atoms with Crippen molar-refractivity contribution in [3.8, 4) is 11.3 Å². The number of anilines is 1. The molecule has 1 N–H and O–H groups in total. The van der Waals surface area contributed by atoms with E-state index in [9.17, 15) is 14.0 Å². The molecule has 28 heavy (non-hydrogen) atoms. The quantitative estimate of drug-likeness (QED) is 0.653. The zero-order valence-corrected chi connectivity index (χ0v) is 16.6. The zero-order valence-electron chi connectivity index (χ0n) is 15.8. The van der Waals surface area contributed by atoms with Crippen LogP contribution in [0.25, 0.3) is 11.3 Å². The van der Waals surface area contributed by atoms with Gasteiger partial charge in [0.05, 0.1) is 11.3 Å². The minimum Gasteiger partial charge on any atom is -0.455 e. The van der Waals surface area contributed by atoms with E-state index in [0.717, 1.165) is 0 Å². The van der Waals surface area contributed by atoms with Crippen LogP contribution in [0.3, 0.4) is 0 Å². The lowest BCUT2D eigenvalue weighted by molar-refractivity contribution is 0.0898. The molecule has 0 fully saturated rings. The van der Waals surface area contributed by atoms with E-state index in [1.807, 2.05) is 13.8 Å². The molecule has 0 atom stereocenters. The lowest BCUT2D eigenvalue weighted by Crippen LogP contribution is -2.26. The van der Waals surface area contributed by atoms with Gasteiger partial charge in [-0.05, 0) is 24.5 Å². The average molecular weight is 398 g/mol. The second kappa shape index (κ2) is 6.67. The predicted molar refractivity (Wildman–Crippen MR) is 105 cm³/mol. The molecule has 3 aromatic rings. The molecule has 0 bridgehead atoms. The van der Waals surface area contributed by atoms with Gasteiger partial charge in [0, 0.05) is 29.3 Å². The van der Waals surface area contributed by atoms with Gasteiger partial charge in [-0.15, -0.1) is 11.3 Å². The van der Waals surface area contributed by atoms with Crippen molar-refractivity contribution in [3.05, 3.63) is 58.1 Å². The lowest BCUT2D eigenvalue weighted by Gasteiger charge is -2.27. The van der Waals surface area contributed by atoms with Crippen LogP contribution < -0.4 is 5.32 Å². The van der Waals surface area contributed by atoms with Crippen LogP contribution in [0, 0.1) is 18.2 Å². The second-order valence-corrected chi connectivity index (χ2v) is 8.66. The van der Waals surface area contributed by atoms with Crippen molar-refractivity contribution >= 4 is 28.2 Å². The number of nitrogens with zero attached hydrogens (tertiary/aromatic N) is 1. The number of hydrogen-bond donors (Lipinski definition) is 1. The Morgan fingerprint density at radius 2 is 2.11 bits per heavy atom. The molecule has 1 amide bonds. The van der Waals surface area contributed by atoms with Crippen molar-refractivity contribution in [2.24, 2.45) is 5.41 Å². The molecular formula is C21H19FN2O3S. The Bertz CT molecular complexity index is 1100. The van der Waals surface area contributed by atoms with Gasteiger partial charge in [0.25, 0.3) is 5.91 Å². The van der Waals surface area contributed by atoms with E-state index in [1.54, 1.807) is 24.4 Å². The van der Waals surface area contributed by atoms with Crippen LogP contribution in [0.1, 0.15) is 52.5 Å². The van der Waals surface area contributed by atoms with Gasteiger partial charge < -0.3 is 4.42 Å². The number of carbonyl (C=O) groups excluding carboxylic acids is 2. The summed E-state index contributed by atoms with van der Waals surface area (Å²) in [5.41, 5.74) is 2.12. The first-order chi connectivity index (χ1) is 13.2. The number of ketones is 1. The number of rotatable bonds is 3. The smallest absolute Gasteiger partial charge is 0.293 e. The minimum absolute atomic E-state index is 0.00851. The van der Waals surface area contributed by atoms with Gasteiger partial charge >= 0.3 is 0 Å². The van der Waals surface area contributed by atoms with Crippen LogP contribution in [0.15, 0.2) is 34.1 Å². The normalized spacial score (nSPS) is 15.4. The van der Waals surface area contributed by atoms with E-state index in [1.165, 1.54) is 23.5 Å². The number of carbonyl (C=O) groups is 2. The van der Waals surface area contributed by atoms with Crippen LogP contribution in [-0.2, 0) is 6.42 Å². The SMILES string of the molecule is Cc1c(C(=O)Nc2nc(-c3cccc(F)c3)cs2)oc2c1C(=O)CC(C)(C)C2. The highest BCUT2D eigenvalue weighted by Gasteiger charge is 2.37. The number of fused-ring (bicyclic) bond motifs is 1. The first-order valence-electron chi connectivity index (χ1n) is 8.92. The summed E-state index contributed by atoms with van der Waals surface area (Å²) in [5.74, 6) is -0.0747. The predicted octanol–water partition coefficient (Wildman–Crippen LogP) is 5.26. The third-order valence-corrected chi connectivity index (χ3v) is 5.59. The molecule has 1 aliphatic carbocycles. The van der Waals surface area contributed by atoms with Gasteiger partial charge in [-0.3, -0.25) is 14.9 Å². The van der Waals surface area contributed by atoms with Gasteiger partial charge in [-0.25, -0.2) is 9.37 Å². The van der Waals surface area contributed by atoms with Crippen molar-refractivity contribution in [2.45, 2.75) is 33.6 Å². The van der Waals surface area contributed by atoms with Crippen LogP contribution in [0.5, 0.6) is 0 Å². The van der Waals surface area contributed by atoms with Crippen LogP contribution in [0.2, 0.25) is 0 Å². The van der Waals surface area contributed by atoms with Gasteiger partial charge in [-0.2, -0.15) is 0 Å². The zero-order chi connectivity index (χ0) is 20.1. The molecule has 2 aromatic heterocycles. The van der Waals surface area contributed by atoms with E-state index in [2.05, 4.69) is 10.3 Å². The molecule has 4 rings (SSSR count). The monoisotopic (exact) mass is 398 g/mol. The van der Waals surface area contributed by atoms with Crippen molar-refractivity contribution in [1.29, 1.82) is 0 Å². The van der Waals surface area contributed by atoms with Crippen molar-refractivity contribution < 1.29 is 18.4 Å². The third-order valence-electron chi connectivity index (χ3n) is 4.83. The molecule has 144 valence electrons. The summed E-state index contributed by atoms with van der Waals surface area (Å²) in [5, 5.41) is 4.84. The third kappa shape index (κ3) is 3.38. The topological polar surface area (TPSA) is 72.2 Å². The maximum Gasteiger partial charge on any atom is 0.293 e. The Morgan fingerprint density at radius 1 is 1.32 bits per heavy atom. The van der Waals surface area contributed by atoms with Crippen LogP contribution in [-0.4, -0.2) is 16.7 Å². The molecule has 7 heteroatoms. The summed E-state index contributed by atoms with van der Waals surface area (Å²) in [4.78, 5) is 29.5. The Labute approximate surface area is 165 Å². The molecular weight excluding hydrogens is 379 g/mol. The number of amides is 1. The summed E-state index contributed by atoms with van der Waals surface area (Å²) < 4.78 is 19.2. The van der Waals surface area contributed by atoms with Crippen molar-refractivity contribution in [2.75, 3.05) is 5.32 Å². The maximum atomic E-state index is 13.4. The van der Waals surface area contributed by atoms with Crippen LogP contribution in [0.4, 0.5) is 9.52 Å².